The summed E-state index contributed by atoms with van der Waals surface area (Å²) in [6.07, 6.45) is 0.947. The van der Waals surface area contributed by atoms with Crippen LogP contribution in [0.15, 0.2) is 95.9 Å². The van der Waals surface area contributed by atoms with Crippen molar-refractivity contribution in [3.05, 3.63) is 102 Å². The number of amides is 1. The molecule has 1 amide bonds. The highest BCUT2D eigenvalue weighted by Gasteiger charge is 2.34. The number of anilines is 2. The molecule has 1 fully saturated rings. The van der Waals surface area contributed by atoms with E-state index in [4.69, 9.17) is 0 Å². The Balaban J connectivity index is 1.36. The maximum Gasteiger partial charge on any atom is 0.261 e. The Kier molecular flexibility index (Phi) is 6.06. The number of fused-ring (bicyclic) bond motifs is 1. The number of nitrogens with zero attached hydrogens (tertiary/aromatic N) is 1. The van der Waals surface area contributed by atoms with Crippen LogP contribution in [0, 0.1) is 0 Å². The van der Waals surface area contributed by atoms with Crippen molar-refractivity contribution in [3.63, 3.8) is 0 Å². The van der Waals surface area contributed by atoms with Gasteiger partial charge < -0.3 is 0 Å². The fourth-order valence-electron chi connectivity index (χ4n) is 4.11. The second-order valence-corrected chi connectivity index (χ2v) is 10.9. The lowest BCUT2D eigenvalue weighted by Gasteiger charge is -2.24. The minimum Gasteiger partial charge on any atom is -0.295 e. The third-order valence-electron chi connectivity index (χ3n) is 5.97. The number of hydrogen-bond acceptors (Lipinski definition) is 4. The quantitative estimate of drug-likeness (QED) is 0.362. The lowest BCUT2D eigenvalue weighted by molar-refractivity contribution is -0.115. The zero-order valence-electron chi connectivity index (χ0n) is 18.6. The van der Waals surface area contributed by atoms with Gasteiger partial charge in [0, 0.05) is 11.4 Å². The van der Waals surface area contributed by atoms with Crippen LogP contribution >= 0.6 is 11.8 Å². The van der Waals surface area contributed by atoms with Gasteiger partial charge in [0.25, 0.3) is 10.0 Å². The number of sulfonamides is 1. The SMILES string of the molecule is CCc1ccc(N2C(=O)CS[C@H]2c2ccc(NS(=O)(=O)c3ccc4ccccc4c3)cc2)cc1. The van der Waals surface area contributed by atoms with Gasteiger partial charge in [-0.1, -0.05) is 61.5 Å². The predicted molar refractivity (Wildman–Crippen MR) is 140 cm³/mol. The van der Waals surface area contributed by atoms with Crippen molar-refractivity contribution in [3.8, 4) is 0 Å². The number of benzene rings is 4. The lowest BCUT2D eigenvalue weighted by atomic mass is 10.1. The summed E-state index contributed by atoms with van der Waals surface area (Å²) in [6, 6.07) is 28.1. The van der Waals surface area contributed by atoms with Crippen LogP contribution < -0.4 is 9.62 Å². The number of hydrogen-bond donors (Lipinski definition) is 1. The molecular weight excluding hydrogens is 464 g/mol. The van der Waals surface area contributed by atoms with E-state index in [9.17, 15) is 13.2 Å². The Hall–Kier alpha value is -3.29. The monoisotopic (exact) mass is 488 g/mol. The molecule has 4 aromatic rings. The Morgan fingerprint density at radius 3 is 2.32 bits per heavy atom. The Labute approximate surface area is 203 Å². The van der Waals surface area contributed by atoms with Crippen molar-refractivity contribution in [1.82, 2.24) is 0 Å². The second-order valence-electron chi connectivity index (χ2n) is 8.18. The average Bonchev–Trinajstić information content (AvgIpc) is 3.25. The van der Waals surface area contributed by atoms with Crippen LogP contribution in [-0.2, 0) is 21.2 Å². The van der Waals surface area contributed by atoms with Gasteiger partial charge in [0.05, 0.1) is 10.6 Å². The molecule has 0 spiro atoms. The zero-order chi connectivity index (χ0) is 23.7. The van der Waals surface area contributed by atoms with Gasteiger partial charge in [-0.2, -0.15) is 0 Å². The number of nitrogens with one attached hydrogen (secondary N) is 1. The lowest BCUT2D eigenvalue weighted by Crippen LogP contribution is -2.27. The fourth-order valence-corrected chi connectivity index (χ4v) is 6.38. The summed E-state index contributed by atoms with van der Waals surface area (Å²) < 4.78 is 28.6. The van der Waals surface area contributed by atoms with Crippen LogP contribution in [0.4, 0.5) is 11.4 Å². The third-order valence-corrected chi connectivity index (χ3v) is 8.56. The summed E-state index contributed by atoms with van der Waals surface area (Å²) in [6.45, 7) is 2.10. The second kappa shape index (κ2) is 9.16. The summed E-state index contributed by atoms with van der Waals surface area (Å²) >= 11 is 1.57. The number of thioether (sulfide) groups is 1. The zero-order valence-corrected chi connectivity index (χ0v) is 20.3. The molecule has 1 aliphatic rings. The first-order chi connectivity index (χ1) is 16.4. The van der Waals surface area contributed by atoms with Gasteiger partial charge >= 0.3 is 0 Å². The highest BCUT2D eigenvalue weighted by molar-refractivity contribution is 8.00. The van der Waals surface area contributed by atoms with Gasteiger partial charge in [-0.15, -0.1) is 11.8 Å². The van der Waals surface area contributed by atoms with Crippen LogP contribution in [0.2, 0.25) is 0 Å². The molecule has 0 saturated carbocycles. The molecule has 0 aromatic heterocycles. The van der Waals surface area contributed by atoms with Crippen molar-refractivity contribution in [1.29, 1.82) is 0 Å². The van der Waals surface area contributed by atoms with E-state index in [0.29, 0.717) is 11.4 Å². The van der Waals surface area contributed by atoms with Gasteiger partial charge in [0.2, 0.25) is 5.91 Å². The molecule has 172 valence electrons. The summed E-state index contributed by atoms with van der Waals surface area (Å²) in [7, 11) is -3.73. The first-order valence-electron chi connectivity index (χ1n) is 11.1. The van der Waals surface area contributed by atoms with Gasteiger partial charge in [-0.25, -0.2) is 8.42 Å². The molecule has 0 radical (unpaired) electrons. The molecule has 5 nitrogen and oxygen atoms in total. The minimum absolute atomic E-state index is 0.0698. The van der Waals surface area contributed by atoms with E-state index in [1.54, 1.807) is 36.0 Å². The van der Waals surface area contributed by atoms with Gasteiger partial charge in [-0.05, 0) is 64.7 Å². The number of carbonyl (C=O) groups excluding carboxylic acids is 1. The number of carbonyl (C=O) groups is 1. The van der Waals surface area contributed by atoms with E-state index in [-0.39, 0.29) is 16.2 Å². The molecular formula is C27H24N2O3S2. The first kappa shape index (κ1) is 22.5. The molecule has 1 heterocycles. The van der Waals surface area contributed by atoms with Gasteiger partial charge in [-0.3, -0.25) is 14.4 Å². The van der Waals surface area contributed by atoms with Crippen molar-refractivity contribution in [2.45, 2.75) is 23.6 Å². The van der Waals surface area contributed by atoms with Gasteiger partial charge in [0.1, 0.15) is 5.37 Å². The summed E-state index contributed by atoms with van der Waals surface area (Å²) in [4.78, 5) is 14.7. The molecule has 4 aromatic carbocycles. The summed E-state index contributed by atoms with van der Waals surface area (Å²) in [5.74, 6) is 0.483. The predicted octanol–water partition coefficient (Wildman–Crippen LogP) is 5.98. The fraction of sp³-hybridized carbons (Fsp3) is 0.148. The third kappa shape index (κ3) is 4.41. The highest BCUT2D eigenvalue weighted by atomic mass is 32.2. The van der Waals surface area contributed by atoms with E-state index in [1.807, 2.05) is 71.6 Å². The standard InChI is InChI=1S/C27H24N2O3S2/c1-2-19-7-14-24(15-8-19)29-26(30)18-33-27(29)21-9-12-23(13-10-21)28-34(31,32)25-16-11-20-5-3-4-6-22(20)17-25/h3-17,27-28H,2,18H2,1H3/t27-/m0/s1. The van der Waals surface area contributed by atoms with E-state index >= 15 is 0 Å². The molecule has 1 aliphatic heterocycles. The first-order valence-corrected chi connectivity index (χ1v) is 13.6. The maximum atomic E-state index is 13.0. The van der Waals surface area contributed by atoms with Crippen LogP contribution in [0.3, 0.4) is 0 Å². The molecule has 1 N–H and O–H groups in total. The highest BCUT2D eigenvalue weighted by Crippen LogP contribution is 2.42. The minimum atomic E-state index is -3.73. The van der Waals surface area contributed by atoms with E-state index in [0.717, 1.165) is 28.4 Å². The topological polar surface area (TPSA) is 66.5 Å². The van der Waals surface area contributed by atoms with Crippen LogP contribution in [0.1, 0.15) is 23.4 Å². The molecule has 34 heavy (non-hydrogen) atoms. The van der Waals surface area contributed by atoms with Crippen molar-refractivity contribution in [2.24, 2.45) is 0 Å². The summed E-state index contributed by atoms with van der Waals surface area (Å²) in [5.41, 5.74) is 3.52. The van der Waals surface area contributed by atoms with Gasteiger partial charge in [0.15, 0.2) is 0 Å². The molecule has 0 unspecified atom stereocenters. The molecule has 0 aliphatic carbocycles. The molecule has 0 bridgehead atoms. The normalized spacial score (nSPS) is 16.2. The molecule has 1 saturated heterocycles. The Bertz CT molecular complexity index is 1450. The van der Waals surface area contributed by atoms with E-state index in [1.165, 1.54) is 5.56 Å². The van der Waals surface area contributed by atoms with Crippen LogP contribution in [-0.4, -0.2) is 20.1 Å². The number of rotatable bonds is 6. The smallest absolute Gasteiger partial charge is 0.261 e. The molecule has 1 atom stereocenters. The Morgan fingerprint density at radius 1 is 0.912 bits per heavy atom. The maximum absolute atomic E-state index is 13.0. The number of aryl methyl sites for hydroxylation is 1. The summed E-state index contributed by atoms with van der Waals surface area (Å²) in [5, 5.41) is 1.71. The van der Waals surface area contributed by atoms with Crippen LogP contribution in [0.25, 0.3) is 10.8 Å². The van der Waals surface area contributed by atoms with Crippen molar-refractivity contribution < 1.29 is 13.2 Å². The van der Waals surface area contributed by atoms with E-state index < -0.39 is 10.0 Å². The van der Waals surface area contributed by atoms with E-state index in [2.05, 4.69) is 11.6 Å². The average molecular weight is 489 g/mol. The van der Waals surface area contributed by atoms with Crippen molar-refractivity contribution >= 4 is 49.8 Å². The van der Waals surface area contributed by atoms with Crippen LogP contribution in [0.5, 0.6) is 0 Å². The molecule has 5 rings (SSSR count). The molecule has 7 heteroatoms. The van der Waals surface area contributed by atoms with Crippen molar-refractivity contribution in [2.75, 3.05) is 15.4 Å². The Morgan fingerprint density at radius 2 is 1.62 bits per heavy atom. The largest absolute Gasteiger partial charge is 0.295 e.